The van der Waals surface area contributed by atoms with E-state index in [1.807, 2.05) is 0 Å². The Morgan fingerprint density at radius 3 is 2.21 bits per heavy atom. The lowest BCUT2D eigenvalue weighted by molar-refractivity contribution is -0.0453. The van der Waals surface area contributed by atoms with Gasteiger partial charge in [-0.05, 0) is 12.1 Å². The molecule has 0 aliphatic rings. The average molecular weight is 268 g/mol. The first kappa shape index (κ1) is 15.1. The molecule has 0 heterocycles. The van der Waals surface area contributed by atoms with Gasteiger partial charge in [0.2, 0.25) is 0 Å². The maximum absolute atomic E-state index is 11.8. The lowest BCUT2D eigenvalue weighted by Gasteiger charge is -2.08. The van der Waals surface area contributed by atoms with Gasteiger partial charge in [0.05, 0.1) is 24.8 Å². The standard InChI is InChI=1S/C13H16O6/c1-16-9-18-7-8-19-13(15)11-6-4-3-5-10(11)12(14)17-2/h3-6H,7-9H2,1-2H3. The van der Waals surface area contributed by atoms with Gasteiger partial charge in [-0.25, -0.2) is 9.59 Å². The Kier molecular flexibility index (Phi) is 6.56. The van der Waals surface area contributed by atoms with E-state index in [1.54, 1.807) is 12.1 Å². The molecule has 0 atom stereocenters. The number of rotatable bonds is 7. The number of carbonyl (C=O) groups is 2. The van der Waals surface area contributed by atoms with E-state index in [9.17, 15) is 9.59 Å². The second-order valence-corrected chi connectivity index (χ2v) is 3.49. The number of hydrogen-bond donors (Lipinski definition) is 0. The molecule has 19 heavy (non-hydrogen) atoms. The Balaban J connectivity index is 2.59. The molecule has 0 saturated carbocycles. The first-order valence-electron chi connectivity index (χ1n) is 5.62. The van der Waals surface area contributed by atoms with Crippen LogP contribution in [0.5, 0.6) is 0 Å². The van der Waals surface area contributed by atoms with Crippen molar-refractivity contribution in [2.45, 2.75) is 0 Å². The van der Waals surface area contributed by atoms with E-state index < -0.39 is 11.9 Å². The zero-order valence-electron chi connectivity index (χ0n) is 10.9. The van der Waals surface area contributed by atoms with Gasteiger partial charge in [-0.2, -0.15) is 0 Å². The molecular formula is C13H16O6. The molecule has 0 amide bonds. The molecule has 104 valence electrons. The summed E-state index contributed by atoms with van der Waals surface area (Å²) in [6.07, 6.45) is 0. The van der Waals surface area contributed by atoms with Gasteiger partial charge >= 0.3 is 11.9 Å². The maximum Gasteiger partial charge on any atom is 0.339 e. The summed E-state index contributed by atoms with van der Waals surface area (Å²) in [7, 11) is 2.75. The Labute approximate surface area is 111 Å². The van der Waals surface area contributed by atoms with Gasteiger partial charge in [-0.3, -0.25) is 0 Å². The van der Waals surface area contributed by atoms with Gasteiger partial charge in [0.25, 0.3) is 0 Å². The normalized spacial score (nSPS) is 10.0. The fourth-order valence-corrected chi connectivity index (χ4v) is 1.36. The number of carbonyl (C=O) groups excluding carboxylic acids is 2. The van der Waals surface area contributed by atoms with Crippen molar-refractivity contribution in [2.24, 2.45) is 0 Å². The molecule has 0 aliphatic carbocycles. The molecule has 0 fully saturated rings. The van der Waals surface area contributed by atoms with Crippen molar-refractivity contribution in [3.8, 4) is 0 Å². The van der Waals surface area contributed by atoms with Gasteiger partial charge in [0.1, 0.15) is 13.4 Å². The Morgan fingerprint density at radius 2 is 1.63 bits per heavy atom. The van der Waals surface area contributed by atoms with Gasteiger partial charge in [-0.15, -0.1) is 0 Å². The van der Waals surface area contributed by atoms with Crippen molar-refractivity contribution in [1.29, 1.82) is 0 Å². The van der Waals surface area contributed by atoms with E-state index in [0.29, 0.717) is 0 Å². The summed E-state index contributed by atoms with van der Waals surface area (Å²) in [5, 5.41) is 0. The zero-order valence-corrected chi connectivity index (χ0v) is 10.9. The van der Waals surface area contributed by atoms with Crippen LogP contribution in [0.3, 0.4) is 0 Å². The van der Waals surface area contributed by atoms with Crippen molar-refractivity contribution in [1.82, 2.24) is 0 Å². The minimum atomic E-state index is -0.595. The topological polar surface area (TPSA) is 71.1 Å². The third-order valence-corrected chi connectivity index (χ3v) is 2.21. The molecule has 0 aromatic heterocycles. The van der Waals surface area contributed by atoms with Crippen LogP contribution in [-0.2, 0) is 18.9 Å². The molecule has 0 saturated heterocycles. The first-order chi connectivity index (χ1) is 9.20. The molecule has 1 aromatic rings. The van der Waals surface area contributed by atoms with Gasteiger partial charge in [-0.1, -0.05) is 12.1 Å². The van der Waals surface area contributed by atoms with E-state index in [2.05, 4.69) is 9.47 Å². The number of esters is 2. The molecule has 6 heteroatoms. The lowest BCUT2D eigenvalue weighted by Crippen LogP contribution is -2.15. The van der Waals surface area contributed by atoms with Crippen LogP contribution in [0, 0.1) is 0 Å². The van der Waals surface area contributed by atoms with Crippen LogP contribution in [-0.4, -0.2) is 46.2 Å². The maximum atomic E-state index is 11.8. The van der Waals surface area contributed by atoms with Gasteiger partial charge in [0.15, 0.2) is 0 Å². The number of benzene rings is 1. The van der Waals surface area contributed by atoms with Crippen molar-refractivity contribution >= 4 is 11.9 Å². The van der Waals surface area contributed by atoms with Crippen LogP contribution in [0.4, 0.5) is 0 Å². The third kappa shape index (κ3) is 4.69. The monoisotopic (exact) mass is 268 g/mol. The highest BCUT2D eigenvalue weighted by Gasteiger charge is 2.17. The molecule has 0 unspecified atom stereocenters. The first-order valence-corrected chi connectivity index (χ1v) is 5.62. The van der Waals surface area contributed by atoms with Gasteiger partial charge < -0.3 is 18.9 Å². The second kappa shape index (κ2) is 8.23. The van der Waals surface area contributed by atoms with Crippen LogP contribution >= 0.6 is 0 Å². The second-order valence-electron chi connectivity index (χ2n) is 3.49. The average Bonchev–Trinajstić information content (AvgIpc) is 2.46. The van der Waals surface area contributed by atoms with Crippen LogP contribution in [0.15, 0.2) is 24.3 Å². The molecule has 1 rings (SSSR count). The highest BCUT2D eigenvalue weighted by molar-refractivity contribution is 6.03. The number of hydrogen-bond acceptors (Lipinski definition) is 6. The fourth-order valence-electron chi connectivity index (χ4n) is 1.36. The molecule has 6 nitrogen and oxygen atoms in total. The quantitative estimate of drug-likeness (QED) is 0.421. The summed E-state index contributed by atoms with van der Waals surface area (Å²) in [4.78, 5) is 23.3. The van der Waals surface area contributed by atoms with Crippen molar-refractivity contribution in [3.63, 3.8) is 0 Å². The largest absolute Gasteiger partial charge is 0.465 e. The van der Waals surface area contributed by atoms with Crippen LogP contribution in [0.25, 0.3) is 0 Å². The summed E-state index contributed by atoms with van der Waals surface area (Å²) in [5.74, 6) is -1.18. The van der Waals surface area contributed by atoms with Crippen LogP contribution < -0.4 is 0 Å². The summed E-state index contributed by atoms with van der Waals surface area (Å²) in [5.41, 5.74) is 0.342. The Bertz CT molecular complexity index is 429. The minimum Gasteiger partial charge on any atom is -0.465 e. The van der Waals surface area contributed by atoms with E-state index in [-0.39, 0.29) is 31.1 Å². The Hall–Kier alpha value is -1.92. The minimum absolute atomic E-state index is 0.0811. The summed E-state index contributed by atoms with van der Waals surface area (Å²) < 4.78 is 19.2. The molecule has 0 spiro atoms. The molecule has 0 aliphatic heterocycles. The lowest BCUT2D eigenvalue weighted by atomic mass is 10.1. The molecule has 1 aromatic carbocycles. The summed E-state index contributed by atoms with van der Waals surface area (Å²) in [6.45, 7) is 0.438. The van der Waals surface area contributed by atoms with E-state index in [4.69, 9.17) is 9.47 Å². The fraction of sp³-hybridized carbons (Fsp3) is 0.385. The predicted octanol–water partition coefficient (Wildman–Crippen LogP) is 1.25. The van der Waals surface area contributed by atoms with Crippen molar-refractivity contribution in [2.75, 3.05) is 34.2 Å². The van der Waals surface area contributed by atoms with E-state index >= 15 is 0 Å². The SMILES string of the molecule is COCOCCOC(=O)c1ccccc1C(=O)OC. The molecular weight excluding hydrogens is 252 g/mol. The van der Waals surface area contributed by atoms with E-state index in [1.165, 1.54) is 26.4 Å². The number of methoxy groups -OCH3 is 2. The van der Waals surface area contributed by atoms with Gasteiger partial charge in [0, 0.05) is 7.11 Å². The highest BCUT2D eigenvalue weighted by Crippen LogP contribution is 2.11. The van der Waals surface area contributed by atoms with Crippen LogP contribution in [0.1, 0.15) is 20.7 Å². The third-order valence-electron chi connectivity index (χ3n) is 2.21. The molecule has 0 N–H and O–H groups in total. The summed E-state index contributed by atoms with van der Waals surface area (Å²) >= 11 is 0. The van der Waals surface area contributed by atoms with Crippen LogP contribution in [0.2, 0.25) is 0 Å². The number of ether oxygens (including phenoxy) is 4. The summed E-state index contributed by atoms with van der Waals surface area (Å²) in [6, 6.07) is 6.30. The zero-order chi connectivity index (χ0) is 14.1. The Morgan fingerprint density at radius 1 is 1.00 bits per heavy atom. The van der Waals surface area contributed by atoms with Crippen molar-refractivity contribution < 1.29 is 28.5 Å². The van der Waals surface area contributed by atoms with Crippen molar-refractivity contribution in [3.05, 3.63) is 35.4 Å². The molecule has 0 radical (unpaired) electrons. The molecule has 0 bridgehead atoms. The highest BCUT2D eigenvalue weighted by atomic mass is 16.7. The predicted molar refractivity (Wildman–Crippen MR) is 65.9 cm³/mol. The smallest absolute Gasteiger partial charge is 0.339 e. The van der Waals surface area contributed by atoms with E-state index in [0.717, 1.165) is 0 Å².